The smallest absolute Gasteiger partial charge is 0.325 e. The van der Waals surface area contributed by atoms with Crippen LogP contribution in [0.4, 0.5) is 0 Å². The number of alkyl halides is 1. The average Bonchev–Trinajstić information content (AvgIpc) is 2.35. The zero-order valence-electron chi connectivity index (χ0n) is 11.2. The molecule has 0 atom stereocenters. The summed E-state index contributed by atoms with van der Waals surface area (Å²) in [4.78, 5) is 23.9. The van der Waals surface area contributed by atoms with Crippen LogP contribution in [0.25, 0.3) is 0 Å². The third-order valence-electron chi connectivity index (χ3n) is 2.51. The lowest BCUT2D eigenvalue weighted by Gasteiger charge is -2.27. The van der Waals surface area contributed by atoms with Crippen LogP contribution in [0.3, 0.4) is 0 Å². The number of carbonyl (C=O) groups excluding carboxylic acids is 2. The topological polar surface area (TPSA) is 61.8 Å². The van der Waals surface area contributed by atoms with Crippen LogP contribution in [0.2, 0.25) is 0 Å². The second-order valence-corrected chi connectivity index (χ2v) is 4.00. The minimum atomic E-state index is -1.39. The predicted molar refractivity (Wildman–Crippen MR) is 67.5 cm³/mol. The van der Waals surface area contributed by atoms with Crippen molar-refractivity contribution in [2.75, 3.05) is 32.3 Å². The highest BCUT2D eigenvalue weighted by Gasteiger charge is 2.47. The molecule has 0 spiro atoms. The van der Waals surface area contributed by atoms with Gasteiger partial charge in [0, 0.05) is 5.88 Å². The van der Waals surface area contributed by atoms with Crippen molar-refractivity contribution in [1.82, 2.24) is 0 Å². The Balaban J connectivity index is 4.93. The van der Waals surface area contributed by atoms with Crippen LogP contribution in [0, 0.1) is 5.41 Å². The van der Waals surface area contributed by atoms with Crippen LogP contribution in [-0.2, 0) is 23.8 Å². The highest BCUT2D eigenvalue weighted by molar-refractivity contribution is 6.17. The molecule has 0 fully saturated rings. The van der Waals surface area contributed by atoms with Crippen molar-refractivity contribution in [3.8, 4) is 0 Å². The molecule has 6 heteroatoms. The minimum Gasteiger partial charge on any atom is -0.465 e. The van der Waals surface area contributed by atoms with Gasteiger partial charge in [0.1, 0.15) is 0 Å². The fraction of sp³-hybridized carbons (Fsp3) is 0.833. The van der Waals surface area contributed by atoms with Gasteiger partial charge in [-0.1, -0.05) is 6.92 Å². The summed E-state index contributed by atoms with van der Waals surface area (Å²) in [5.74, 6) is -0.924. The van der Waals surface area contributed by atoms with Gasteiger partial charge in [-0.25, -0.2) is 0 Å². The molecule has 0 aliphatic carbocycles. The second kappa shape index (κ2) is 9.16. The normalized spacial score (nSPS) is 11.1. The van der Waals surface area contributed by atoms with Crippen molar-refractivity contribution in [1.29, 1.82) is 0 Å². The van der Waals surface area contributed by atoms with E-state index in [1.807, 2.05) is 0 Å². The third-order valence-corrected chi connectivity index (χ3v) is 2.66. The van der Waals surface area contributed by atoms with Crippen LogP contribution >= 0.6 is 11.6 Å². The lowest BCUT2D eigenvalue weighted by molar-refractivity contribution is -0.177. The Morgan fingerprint density at radius 2 is 1.56 bits per heavy atom. The van der Waals surface area contributed by atoms with Gasteiger partial charge in [-0.15, -0.1) is 11.6 Å². The largest absolute Gasteiger partial charge is 0.465 e. The Morgan fingerprint density at radius 1 is 1.06 bits per heavy atom. The molecule has 0 saturated heterocycles. The van der Waals surface area contributed by atoms with E-state index < -0.39 is 17.4 Å². The number of hydrogen-bond acceptors (Lipinski definition) is 5. The molecule has 18 heavy (non-hydrogen) atoms. The van der Waals surface area contributed by atoms with Gasteiger partial charge in [-0.2, -0.15) is 0 Å². The van der Waals surface area contributed by atoms with Gasteiger partial charge in [-0.3, -0.25) is 9.59 Å². The van der Waals surface area contributed by atoms with Gasteiger partial charge in [0.15, 0.2) is 5.41 Å². The highest BCUT2D eigenvalue weighted by Crippen LogP contribution is 2.27. The van der Waals surface area contributed by atoms with Crippen molar-refractivity contribution in [3.05, 3.63) is 0 Å². The second-order valence-electron chi connectivity index (χ2n) is 3.62. The molecule has 0 rings (SSSR count). The molecule has 0 aromatic rings. The molecule has 0 unspecified atom stereocenters. The van der Waals surface area contributed by atoms with Crippen LogP contribution in [0.15, 0.2) is 0 Å². The van der Waals surface area contributed by atoms with E-state index in [1.54, 1.807) is 20.8 Å². The number of carbonyl (C=O) groups is 2. The first-order valence-corrected chi connectivity index (χ1v) is 6.60. The number of hydrogen-bond donors (Lipinski definition) is 0. The summed E-state index contributed by atoms with van der Waals surface area (Å²) < 4.78 is 15.1. The first-order chi connectivity index (χ1) is 8.58. The summed E-state index contributed by atoms with van der Waals surface area (Å²) in [6.07, 6.45) is 0.257. The highest BCUT2D eigenvalue weighted by atomic mass is 35.5. The zero-order chi connectivity index (χ0) is 14.0. The molecule has 0 aliphatic heterocycles. The van der Waals surface area contributed by atoms with Crippen molar-refractivity contribution < 1.29 is 23.8 Å². The molecular weight excluding hydrogens is 260 g/mol. The monoisotopic (exact) mass is 280 g/mol. The molecule has 5 nitrogen and oxygen atoms in total. The van der Waals surface area contributed by atoms with Gasteiger partial charge in [-0.05, 0) is 20.3 Å². The minimum absolute atomic E-state index is 0.0755. The van der Waals surface area contributed by atoms with E-state index >= 15 is 0 Å². The van der Waals surface area contributed by atoms with Gasteiger partial charge < -0.3 is 14.2 Å². The third kappa shape index (κ3) is 4.46. The fourth-order valence-electron chi connectivity index (χ4n) is 1.43. The lowest BCUT2D eigenvalue weighted by Crippen LogP contribution is -2.45. The Kier molecular flexibility index (Phi) is 8.75. The average molecular weight is 281 g/mol. The van der Waals surface area contributed by atoms with E-state index in [0.717, 1.165) is 0 Å². The summed E-state index contributed by atoms with van der Waals surface area (Å²) >= 11 is 5.50. The van der Waals surface area contributed by atoms with E-state index in [0.29, 0.717) is 5.88 Å². The van der Waals surface area contributed by atoms with Crippen molar-refractivity contribution in [2.45, 2.75) is 27.2 Å². The Bertz CT molecular complexity index is 249. The van der Waals surface area contributed by atoms with Crippen molar-refractivity contribution in [2.24, 2.45) is 5.41 Å². The molecule has 0 saturated carbocycles. The number of halogens is 1. The van der Waals surface area contributed by atoms with Gasteiger partial charge in [0.2, 0.25) is 0 Å². The molecule has 0 N–H and O–H groups in total. The zero-order valence-corrected chi connectivity index (χ0v) is 11.9. The summed E-state index contributed by atoms with van der Waals surface area (Å²) in [7, 11) is 0. The molecule has 0 radical (unpaired) electrons. The molecule has 0 aromatic carbocycles. The summed E-state index contributed by atoms with van der Waals surface area (Å²) in [5, 5.41) is 0. The van der Waals surface area contributed by atoms with Crippen molar-refractivity contribution in [3.63, 3.8) is 0 Å². The van der Waals surface area contributed by atoms with E-state index in [2.05, 4.69) is 0 Å². The lowest BCUT2D eigenvalue weighted by atomic mass is 9.86. The fourth-order valence-corrected chi connectivity index (χ4v) is 1.54. The molecule has 0 heterocycles. The molecule has 0 amide bonds. The molecule has 0 bridgehead atoms. The van der Waals surface area contributed by atoms with Gasteiger partial charge in [0.05, 0.1) is 26.4 Å². The van der Waals surface area contributed by atoms with Crippen LogP contribution in [0.1, 0.15) is 27.2 Å². The van der Waals surface area contributed by atoms with Crippen LogP contribution in [-0.4, -0.2) is 44.2 Å². The Morgan fingerprint density at radius 3 is 1.89 bits per heavy atom. The summed E-state index contributed by atoms with van der Waals surface area (Å²) in [6, 6.07) is 0. The van der Waals surface area contributed by atoms with Gasteiger partial charge in [0.25, 0.3) is 0 Å². The van der Waals surface area contributed by atoms with Crippen LogP contribution in [0.5, 0.6) is 0 Å². The first-order valence-electron chi connectivity index (χ1n) is 6.07. The standard InChI is InChI=1S/C12H21ClO5/c1-4-12(9-16-8-7-13,10(14)17-5-2)11(15)18-6-3/h4-9H2,1-3H3. The van der Waals surface area contributed by atoms with Gasteiger partial charge >= 0.3 is 11.9 Å². The maximum absolute atomic E-state index is 12.0. The molecule has 106 valence electrons. The quantitative estimate of drug-likeness (QED) is 0.279. The van der Waals surface area contributed by atoms with Crippen molar-refractivity contribution >= 4 is 23.5 Å². The molecule has 0 aromatic heterocycles. The number of esters is 2. The Labute approximate surface area is 113 Å². The number of rotatable bonds is 9. The first kappa shape index (κ1) is 17.2. The molecular formula is C12H21ClO5. The summed E-state index contributed by atoms with van der Waals surface area (Å²) in [6.45, 7) is 5.69. The maximum Gasteiger partial charge on any atom is 0.325 e. The number of ether oxygens (including phenoxy) is 3. The SMILES string of the molecule is CCOC(=O)C(CC)(COCCCl)C(=O)OCC. The van der Waals surface area contributed by atoms with Crippen LogP contribution < -0.4 is 0 Å². The van der Waals surface area contributed by atoms with E-state index in [4.69, 9.17) is 25.8 Å². The summed E-state index contributed by atoms with van der Waals surface area (Å²) in [5.41, 5.74) is -1.39. The predicted octanol–water partition coefficient (Wildman–Crippen LogP) is 1.76. The van der Waals surface area contributed by atoms with E-state index in [-0.39, 0.29) is 32.8 Å². The molecule has 0 aliphatic rings. The van der Waals surface area contributed by atoms with E-state index in [9.17, 15) is 9.59 Å². The Hall–Kier alpha value is -0.810. The maximum atomic E-state index is 12.0. The van der Waals surface area contributed by atoms with E-state index in [1.165, 1.54) is 0 Å².